The number of carbonyl (C=O) groups excluding carboxylic acids is 1. The summed E-state index contributed by atoms with van der Waals surface area (Å²) < 4.78 is 48.8. The Kier molecular flexibility index (Phi) is 4.63. The van der Waals surface area contributed by atoms with Gasteiger partial charge in [0, 0.05) is 12.2 Å². The first-order valence-electron chi connectivity index (χ1n) is 7.13. The van der Waals surface area contributed by atoms with Crippen molar-refractivity contribution in [3.8, 4) is 11.5 Å². The van der Waals surface area contributed by atoms with Crippen molar-refractivity contribution in [3.63, 3.8) is 0 Å². The third kappa shape index (κ3) is 4.08. The number of nitrogens with one attached hydrogen (secondary N) is 2. The number of benzene rings is 2. The molecule has 0 aromatic heterocycles. The second-order valence-corrected chi connectivity index (χ2v) is 5.59. The molecule has 0 unspecified atom stereocenters. The molecule has 0 saturated carbocycles. The number of fused-ring (bicyclic) bond motifs is 1. The SMILES string of the molecule is O=C(NCc1ccc2c(c1)OCO2)Nc1ccc(Cl)c(C(F)(F)F)c1. The molecular formula is C16H12ClF3N2O3. The fourth-order valence-electron chi connectivity index (χ4n) is 2.23. The molecule has 0 bridgehead atoms. The molecule has 0 aliphatic carbocycles. The topological polar surface area (TPSA) is 59.6 Å². The maximum absolute atomic E-state index is 12.8. The summed E-state index contributed by atoms with van der Waals surface area (Å²) in [5.74, 6) is 1.20. The third-order valence-corrected chi connectivity index (χ3v) is 3.75. The molecule has 5 nitrogen and oxygen atoms in total. The normalized spacial score (nSPS) is 12.8. The molecule has 1 heterocycles. The molecule has 1 aliphatic rings. The van der Waals surface area contributed by atoms with Gasteiger partial charge in [-0.25, -0.2) is 4.79 Å². The molecule has 0 spiro atoms. The Labute approximate surface area is 145 Å². The number of ether oxygens (including phenoxy) is 2. The molecule has 1 aliphatic heterocycles. The van der Waals surface area contributed by atoms with Crippen molar-refractivity contribution in [3.05, 3.63) is 52.5 Å². The highest BCUT2D eigenvalue weighted by Gasteiger charge is 2.33. The molecule has 0 radical (unpaired) electrons. The van der Waals surface area contributed by atoms with Gasteiger partial charge in [-0.05, 0) is 35.9 Å². The van der Waals surface area contributed by atoms with Crippen molar-refractivity contribution in [2.45, 2.75) is 12.7 Å². The summed E-state index contributed by atoms with van der Waals surface area (Å²) >= 11 is 5.53. The quantitative estimate of drug-likeness (QED) is 0.839. The molecule has 2 aromatic rings. The van der Waals surface area contributed by atoms with Gasteiger partial charge in [0.05, 0.1) is 10.6 Å². The second kappa shape index (κ2) is 6.72. The highest BCUT2D eigenvalue weighted by atomic mass is 35.5. The molecular weight excluding hydrogens is 361 g/mol. The maximum atomic E-state index is 12.8. The lowest BCUT2D eigenvalue weighted by atomic mass is 10.2. The van der Waals surface area contributed by atoms with E-state index >= 15 is 0 Å². The van der Waals surface area contributed by atoms with E-state index in [1.807, 2.05) is 0 Å². The predicted octanol–water partition coefficient (Wildman–Crippen LogP) is 4.41. The van der Waals surface area contributed by atoms with Gasteiger partial charge in [0.1, 0.15) is 0 Å². The van der Waals surface area contributed by atoms with Crippen molar-refractivity contribution in [2.75, 3.05) is 12.1 Å². The van der Waals surface area contributed by atoms with Crippen LogP contribution in [0.25, 0.3) is 0 Å². The fraction of sp³-hybridized carbons (Fsp3) is 0.188. The van der Waals surface area contributed by atoms with Crippen molar-refractivity contribution < 1.29 is 27.4 Å². The van der Waals surface area contributed by atoms with Crippen LogP contribution in [-0.4, -0.2) is 12.8 Å². The Hall–Kier alpha value is -2.61. The first kappa shape index (κ1) is 17.2. The predicted molar refractivity (Wildman–Crippen MR) is 84.9 cm³/mol. The number of hydrogen-bond acceptors (Lipinski definition) is 3. The molecule has 0 saturated heterocycles. The van der Waals surface area contributed by atoms with E-state index in [2.05, 4.69) is 10.6 Å². The largest absolute Gasteiger partial charge is 0.454 e. The van der Waals surface area contributed by atoms with Gasteiger partial charge in [-0.3, -0.25) is 0 Å². The summed E-state index contributed by atoms with van der Waals surface area (Å²) in [5, 5.41) is 4.46. The van der Waals surface area contributed by atoms with E-state index in [-0.39, 0.29) is 19.0 Å². The zero-order chi connectivity index (χ0) is 18.0. The summed E-state index contributed by atoms with van der Waals surface area (Å²) in [4.78, 5) is 11.9. The van der Waals surface area contributed by atoms with E-state index < -0.39 is 22.8 Å². The lowest BCUT2D eigenvalue weighted by Gasteiger charge is -2.12. The summed E-state index contributed by atoms with van der Waals surface area (Å²) in [6.45, 7) is 0.312. The Balaban J connectivity index is 1.61. The number of amides is 2. The van der Waals surface area contributed by atoms with Gasteiger partial charge in [-0.2, -0.15) is 13.2 Å². The van der Waals surface area contributed by atoms with Crippen molar-refractivity contribution in [1.82, 2.24) is 5.32 Å². The zero-order valence-electron chi connectivity index (χ0n) is 12.6. The molecule has 0 fully saturated rings. The van der Waals surface area contributed by atoms with E-state index in [0.717, 1.165) is 17.7 Å². The molecule has 2 amide bonds. The van der Waals surface area contributed by atoms with Crippen LogP contribution in [0, 0.1) is 0 Å². The number of halogens is 4. The van der Waals surface area contributed by atoms with Crippen LogP contribution in [0.15, 0.2) is 36.4 Å². The van der Waals surface area contributed by atoms with E-state index in [0.29, 0.717) is 11.5 Å². The summed E-state index contributed by atoms with van der Waals surface area (Å²) in [6, 6.07) is 7.68. The lowest BCUT2D eigenvalue weighted by Crippen LogP contribution is -2.28. The van der Waals surface area contributed by atoms with Crippen LogP contribution < -0.4 is 20.1 Å². The standard InChI is InChI=1S/C16H12ClF3N2O3/c17-12-3-2-10(6-11(12)16(18,19)20)22-15(23)21-7-9-1-4-13-14(5-9)25-8-24-13/h1-6H,7-8H2,(H2,21,22,23). The first-order chi connectivity index (χ1) is 11.8. The van der Waals surface area contributed by atoms with E-state index in [1.54, 1.807) is 18.2 Å². The van der Waals surface area contributed by atoms with Gasteiger partial charge in [0.25, 0.3) is 0 Å². The molecule has 2 N–H and O–H groups in total. The molecule has 25 heavy (non-hydrogen) atoms. The minimum Gasteiger partial charge on any atom is -0.454 e. The van der Waals surface area contributed by atoms with Crippen molar-refractivity contribution >= 4 is 23.3 Å². The Bertz CT molecular complexity index is 812. The van der Waals surface area contributed by atoms with Gasteiger partial charge in [0.2, 0.25) is 6.79 Å². The van der Waals surface area contributed by atoms with Crippen LogP contribution in [-0.2, 0) is 12.7 Å². The van der Waals surface area contributed by atoms with Gasteiger partial charge in [0.15, 0.2) is 11.5 Å². The highest BCUT2D eigenvalue weighted by molar-refractivity contribution is 6.31. The minimum atomic E-state index is -4.60. The fourth-order valence-corrected chi connectivity index (χ4v) is 2.45. The summed E-state index contributed by atoms with van der Waals surface area (Å²) in [6.07, 6.45) is -4.60. The maximum Gasteiger partial charge on any atom is 0.417 e. The van der Waals surface area contributed by atoms with Crippen molar-refractivity contribution in [2.24, 2.45) is 0 Å². The Morgan fingerprint density at radius 3 is 2.64 bits per heavy atom. The van der Waals surface area contributed by atoms with E-state index in [1.165, 1.54) is 6.07 Å². The number of urea groups is 1. The number of anilines is 1. The van der Waals surface area contributed by atoms with Gasteiger partial charge in [-0.1, -0.05) is 17.7 Å². The number of carbonyl (C=O) groups is 1. The monoisotopic (exact) mass is 372 g/mol. The lowest BCUT2D eigenvalue weighted by molar-refractivity contribution is -0.137. The van der Waals surface area contributed by atoms with Crippen LogP contribution >= 0.6 is 11.6 Å². The minimum absolute atomic E-state index is 0.0140. The number of rotatable bonds is 3. The van der Waals surface area contributed by atoms with Gasteiger partial charge < -0.3 is 20.1 Å². The highest BCUT2D eigenvalue weighted by Crippen LogP contribution is 2.36. The average Bonchev–Trinajstić information content (AvgIpc) is 3.01. The van der Waals surface area contributed by atoms with E-state index in [4.69, 9.17) is 21.1 Å². The van der Waals surface area contributed by atoms with Crippen LogP contribution in [0.1, 0.15) is 11.1 Å². The van der Waals surface area contributed by atoms with E-state index in [9.17, 15) is 18.0 Å². The third-order valence-electron chi connectivity index (χ3n) is 3.42. The Morgan fingerprint density at radius 1 is 1.12 bits per heavy atom. The number of hydrogen-bond donors (Lipinski definition) is 2. The van der Waals surface area contributed by atoms with Gasteiger partial charge >= 0.3 is 12.2 Å². The second-order valence-electron chi connectivity index (χ2n) is 5.19. The van der Waals surface area contributed by atoms with Crippen LogP contribution in [0.3, 0.4) is 0 Å². The Morgan fingerprint density at radius 2 is 1.88 bits per heavy atom. The average molecular weight is 373 g/mol. The van der Waals surface area contributed by atoms with Crippen LogP contribution in [0.2, 0.25) is 5.02 Å². The summed E-state index contributed by atoms with van der Waals surface area (Å²) in [7, 11) is 0. The molecule has 2 aromatic carbocycles. The van der Waals surface area contributed by atoms with Crippen LogP contribution in [0.5, 0.6) is 11.5 Å². The molecule has 132 valence electrons. The first-order valence-corrected chi connectivity index (χ1v) is 7.51. The molecule has 3 rings (SSSR count). The van der Waals surface area contributed by atoms with Gasteiger partial charge in [-0.15, -0.1) is 0 Å². The molecule has 0 atom stereocenters. The van der Waals surface area contributed by atoms with Crippen molar-refractivity contribution in [1.29, 1.82) is 0 Å². The van der Waals surface area contributed by atoms with Crippen LogP contribution in [0.4, 0.5) is 23.7 Å². The smallest absolute Gasteiger partial charge is 0.417 e. The summed E-state index contributed by atoms with van der Waals surface area (Å²) in [5.41, 5.74) is -0.269. The molecule has 9 heteroatoms. The number of alkyl halides is 3. The zero-order valence-corrected chi connectivity index (χ0v) is 13.4.